The highest BCUT2D eigenvalue weighted by atomic mass is 32.1. The Labute approximate surface area is 139 Å². The molecular weight excluding hydrogens is 310 g/mol. The summed E-state index contributed by atoms with van der Waals surface area (Å²) in [5.41, 5.74) is 7.78. The van der Waals surface area contributed by atoms with Gasteiger partial charge in [0.15, 0.2) is 5.78 Å². The Balaban J connectivity index is 1.83. The van der Waals surface area contributed by atoms with E-state index < -0.39 is 5.54 Å². The Bertz CT molecular complexity index is 769. The monoisotopic (exact) mass is 329 g/mol. The molecule has 0 amide bonds. The van der Waals surface area contributed by atoms with Crippen LogP contribution in [0.15, 0.2) is 34.6 Å². The van der Waals surface area contributed by atoms with Gasteiger partial charge in [-0.15, -0.1) is 11.3 Å². The summed E-state index contributed by atoms with van der Waals surface area (Å²) in [6.07, 6.45) is 0.327. The average Bonchev–Trinajstić information content (AvgIpc) is 2.94. The third-order valence-electron chi connectivity index (χ3n) is 3.84. The number of ketones is 1. The minimum absolute atomic E-state index is 0.0274. The molecule has 1 aliphatic heterocycles. The van der Waals surface area contributed by atoms with E-state index in [9.17, 15) is 4.79 Å². The summed E-state index contributed by atoms with van der Waals surface area (Å²) in [5.74, 6) is 0.526. The molecule has 0 fully saturated rings. The quantitative estimate of drug-likeness (QED) is 0.874. The lowest BCUT2D eigenvalue weighted by Gasteiger charge is -2.30. The first-order chi connectivity index (χ1) is 11.0. The van der Waals surface area contributed by atoms with Crippen molar-refractivity contribution in [2.75, 3.05) is 13.2 Å². The average molecular weight is 329 g/mol. The van der Waals surface area contributed by atoms with Crippen molar-refractivity contribution in [3.05, 3.63) is 51.5 Å². The number of aliphatic imine (C=N–C) groups is 1. The summed E-state index contributed by atoms with van der Waals surface area (Å²) in [6, 6.07) is 7.88. The number of thiazole rings is 1. The summed E-state index contributed by atoms with van der Waals surface area (Å²) in [7, 11) is 0. The second-order valence-electron chi connectivity index (χ2n) is 5.92. The highest BCUT2D eigenvalue weighted by Crippen LogP contribution is 2.29. The van der Waals surface area contributed by atoms with E-state index in [-0.39, 0.29) is 5.78 Å². The van der Waals surface area contributed by atoms with Gasteiger partial charge in [-0.05, 0) is 25.0 Å². The van der Waals surface area contributed by atoms with E-state index in [1.807, 2.05) is 43.5 Å². The van der Waals surface area contributed by atoms with Crippen molar-refractivity contribution >= 4 is 23.0 Å². The normalized spacial score (nSPS) is 21.0. The van der Waals surface area contributed by atoms with Crippen molar-refractivity contribution < 1.29 is 9.53 Å². The Kier molecular flexibility index (Phi) is 4.28. The molecule has 3 rings (SSSR count). The van der Waals surface area contributed by atoms with Crippen molar-refractivity contribution in [2.24, 2.45) is 10.7 Å². The van der Waals surface area contributed by atoms with E-state index in [0.29, 0.717) is 31.2 Å². The highest BCUT2D eigenvalue weighted by Gasteiger charge is 2.30. The first kappa shape index (κ1) is 15.8. The van der Waals surface area contributed by atoms with Gasteiger partial charge < -0.3 is 10.5 Å². The van der Waals surface area contributed by atoms with E-state index >= 15 is 0 Å². The number of carbonyl (C=O) groups excluding carboxylic acids is 1. The lowest BCUT2D eigenvalue weighted by molar-refractivity contribution is 0.0988. The molecule has 1 atom stereocenters. The number of hydrogen-bond acceptors (Lipinski definition) is 6. The molecule has 0 spiro atoms. The summed E-state index contributed by atoms with van der Waals surface area (Å²) in [5, 5.41) is 2.71. The molecule has 0 aliphatic carbocycles. The van der Waals surface area contributed by atoms with E-state index in [0.717, 1.165) is 16.1 Å². The summed E-state index contributed by atoms with van der Waals surface area (Å²) < 4.78 is 5.51. The maximum Gasteiger partial charge on any atom is 0.186 e. The second kappa shape index (κ2) is 6.22. The van der Waals surface area contributed by atoms with Crippen molar-refractivity contribution in [1.29, 1.82) is 0 Å². The topological polar surface area (TPSA) is 77.6 Å². The molecule has 0 saturated heterocycles. The number of nitrogens with two attached hydrogens (primary N) is 1. The number of ether oxygens (including phenoxy) is 1. The third kappa shape index (κ3) is 3.48. The van der Waals surface area contributed by atoms with E-state index in [1.165, 1.54) is 11.3 Å². The van der Waals surface area contributed by atoms with Crippen molar-refractivity contribution in [2.45, 2.75) is 25.8 Å². The fourth-order valence-electron chi connectivity index (χ4n) is 2.67. The Morgan fingerprint density at radius 3 is 3.00 bits per heavy atom. The fraction of sp³-hybridized carbons (Fsp3) is 0.353. The molecule has 5 nitrogen and oxygen atoms in total. The fourth-order valence-corrected chi connectivity index (χ4v) is 3.28. The molecule has 2 heterocycles. The molecular formula is C17H19N3O2S. The standard InChI is InChI=1S/C17H19N3O2S/c1-11-19-14(9-23-11)15(21)7-12-4-3-5-13(6-12)17(2)10-22-8-16(18)20-17/h3-6,9H,7-8,10H2,1-2H3,(H2,18,20). The van der Waals surface area contributed by atoms with Crippen LogP contribution in [0.2, 0.25) is 0 Å². The van der Waals surface area contributed by atoms with Gasteiger partial charge in [0.1, 0.15) is 23.7 Å². The van der Waals surface area contributed by atoms with Gasteiger partial charge in [-0.25, -0.2) is 4.98 Å². The molecule has 1 aromatic heterocycles. The molecule has 1 unspecified atom stereocenters. The first-order valence-electron chi connectivity index (χ1n) is 7.43. The van der Waals surface area contributed by atoms with E-state index in [4.69, 9.17) is 10.5 Å². The number of hydrogen-bond donors (Lipinski definition) is 1. The van der Waals surface area contributed by atoms with Crippen LogP contribution in [0.5, 0.6) is 0 Å². The van der Waals surface area contributed by atoms with Crippen molar-refractivity contribution in [3.8, 4) is 0 Å². The van der Waals surface area contributed by atoms with Crippen LogP contribution in [-0.2, 0) is 16.7 Å². The summed E-state index contributed by atoms with van der Waals surface area (Å²) in [4.78, 5) is 21.1. The second-order valence-corrected chi connectivity index (χ2v) is 6.98. The van der Waals surface area contributed by atoms with E-state index in [2.05, 4.69) is 9.98 Å². The number of benzene rings is 1. The molecule has 2 N–H and O–H groups in total. The molecule has 1 aromatic carbocycles. The van der Waals surface area contributed by atoms with Crippen LogP contribution in [0, 0.1) is 6.92 Å². The number of rotatable bonds is 4. The number of Topliss-reactive ketones (excluding diaryl/α,β-unsaturated/α-hetero) is 1. The number of nitrogens with zero attached hydrogens (tertiary/aromatic N) is 2. The Morgan fingerprint density at radius 1 is 1.48 bits per heavy atom. The Morgan fingerprint density at radius 2 is 2.30 bits per heavy atom. The summed E-state index contributed by atoms with van der Waals surface area (Å²) >= 11 is 1.49. The van der Waals surface area contributed by atoms with Crippen LogP contribution in [-0.4, -0.2) is 29.8 Å². The zero-order valence-corrected chi connectivity index (χ0v) is 14.0. The Hall–Kier alpha value is -2.05. The highest BCUT2D eigenvalue weighted by molar-refractivity contribution is 7.09. The maximum atomic E-state index is 12.3. The largest absolute Gasteiger partial charge is 0.386 e. The maximum absolute atomic E-state index is 12.3. The van der Waals surface area contributed by atoms with Crippen LogP contribution in [0.25, 0.3) is 0 Å². The lowest BCUT2D eigenvalue weighted by Crippen LogP contribution is -2.37. The molecule has 0 saturated carbocycles. The van der Waals surface area contributed by atoms with Crippen molar-refractivity contribution in [3.63, 3.8) is 0 Å². The van der Waals surface area contributed by atoms with Gasteiger partial charge in [0.05, 0.1) is 11.6 Å². The van der Waals surface area contributed by atoms with Gasteiger partial charge in [0.25, 0.3) is 0 Å². The SMILES string of the molecule is Cc1nc(C(=O)Cc2cccc(C3(C)COCC(N)=N3)c2)cs1. The van der Waals surface area contributed by atoms with Gasteiger partial charge in [-0.1, -0.05) is 24.3 Å². The minimum Gasteiger partial charge on any atom is -0.386 e. The lowest BCUT2D eigenvalue weighted by atomic mass is 9.90. The smallest absolute Gasteiger partial charge is 0.186 e. The van der Waals surface area contributed by atoms with Gasteiger partial charge in [0.2, 0.25) is 0 Å². The van der Waals surface area contributed by atoms with Gasteiger partial charge in [0, 0.05) is 11.8 Å². The van der Waals surface area contributed by atoms with Crippen molar-refractivity contribution in [1.82, 2.24) is 4.98 Å². The van der Waals surface area contributed by atoms with Gasteiger partial charge >= 0.3 is 0 Å². The molecule has 0 bridgehead atoms. The molecule has 0 radical (unpaired) electrons. The van der Waals surface area contributed by atoms with Gasteiger partial charge in [-0.3, -0.25) is 9.79 Å². The zero-order valence-electron chi connectivity index (χ0n) is 13.2. The zero-order chi connectivity index (χ0) is 16.4. The molecule has 1 aliphatic rings. The molecule has 2 aromatic rings. The number of carbonyl (C=O) groups is 1. The van der Waals surface area contributed by atoms with E-state index in [1.54, 1.807) is 0 Å². The predicted octanol–water partition coefficient (Wildman–Crippen LogP) is 2.48. The first-order valence-corrected chi connectivity index (χ1v) is 8.31. The predicted molar refractivity (Wildman–Crippen MR) is 91.1 cm³/mol. The van der Waals surface area contributed by atoms with Crippen LogP contribution >= 0.6 is 11.3 Å². The molecule has 120 valence electrons. The molecule has 23 heavy (non-hydrogen) atoms. The molecule has 6 heteroatoms. The van der Waals surface area contributed by atoms with Crippen LogP contribution in [0.4, 0.5) is 0 Å². The van der Waals surface area contributed by atoms with Gasteiger partial charge in [-0.2, -0.15) is 0 Å². The number of aromatic nitrogens is 1. The minimum atomic E-state index is -0.501. The van der Waals surface area contributed by atoms with Crippen LogP contribution in [0.1, 0.15) is 33.5 Å². The summed E-state index contributed by atoms with van der Waals surface area (Å²) in [6.45, 7) is 4.74. The van der Waals surface area contributed by atoms with Crippen LogP contribution < -0.4 is 5.73 Å². The number of aryl methyl sites for hydroxylation is 1. The van der Waals surface area contributed by atoms with Crippen LogP contribution in [0.3, 0.4) is 0 Å². The third-order valence-corrected chi connectivity index (χ3v) is 4.62. The number of amidine groups is 1.